The van der Waals surface area contributed by atoms with Gasteiger partial charge in [-0.05, 0) is 37.4 Å². The zero-order valence-corrected chi connectivity index (χ0v) is 12.6. The van der Waals surface area contributed by atoms with Crippen molar-refractivity contribution < 1.29 is 0 Å². The summed E-state index contributed by atoms with van der Waals surface area (Å²) in [6.45, 7) is 8.09. The molecule has 0 aliphatic rings. The lowest BCUT2D eigenvalue weighted by molar-refractivity contribution is 0.731. The quantitative estimate of drug-likeness (QED) is 0.795. The number of hydrogen-bond donors (Lipinski definition) is 2. The second-order valence-corrected chi connectivity index (χ2v) is 5.37. The fourth-order valence-corrected chi connectivity index (χ4v) is 2.37. The van der Waals surface area contributed by atoms with Gasteiger partial charge in [0.2, 0.25) is 0 Å². The van der Waals surface area contributed by atoms with Gasteiger partial charge in [-0.1, -0.05) is 32.0 Å². The minimum Gasteiger partial charge on any atom is -0.382 e. The van der Waals surface area contributed by atoms with E-state index in [0.717, 1.165) is 24.3 Å². The lowest BCUT2D eigenvalue weighted by atomic mass is 10.1. The molecule has 3 N–H and O–H groups in total. The Bertz CT molecular complexity index is 557. The van der Waals surface area contributed by atoms with Crippen molar-refractivity contribution in [2.45, 2.75) is 33.1 Å². The third kappa shape index (κ3) is 3.02. The Balaban J connectivity index is 2.37. The maximum absolute atomic E-state index is 5.55. The summed E-state index contributed by atoms with van der Waals surface area (Å²) in [5, 5.41) is 8.01. The number of anilines is 1. The van der Waals surface area contributed by atoms with E-state index in [2.05, 4.69) is 55.5 Å². The highest BCUT2D eigenvalue weighted by Crippen LogP contribution is 2.27. The first kappa shape index (κ1) is 14.6. The van der Waals surface area contributed by atoms with Crippen LogP contribution in [0, 0.1) is 6.92 Å². The molecule has 0 saturated carbocycles. The van der Waals surface area contributed by atoms with Crippen LogP contribution in [0.4, 0.5) is 5.69 Å². The molecule has 1 aromatic heterocycles. The minimum atomic E-state index is 0.400. The number of hydrogen-bond acceptors (Lipinski definition) is 3. The molecule has 4 heteroatoms. The molecule has 0 spiro atoms. The summed E-state index contributed by atoms with van der Waals surface area (Å²) < 4.78 is 2.05. The average molecular weight is 272 g/mol. The molecule has 0 aliphatic carbocycles. The Morgan fingerprint density at radius 3 is 2.70 bits per heavy atom. The van der Waals surface area contributed by atoms with Gasteiger partial charge in [-0.25, -0.2) is 4.68 Å². The van der Waals surface area contributed by atoms with Crippen molar-refractivity contribution in [3.05, 3.63) is 41.7 Å². The molecular weight excluding hydrogens is 248 g/mol. The molecule has 2 rings (SSSR count). The van der Waals surface area contributed by atoms with Crippen LogP contribution in [-0.2, 0) is 0 Å². The van der Waals surface area contributed by atoms with Gasteiger partial charge in [-0.15, -0.1) is 0 Å². The van der Waals surface area contributed by atoms with Crippen LogP contribution in [0.25, 0.3) is 5.69 Å². The highest BCUT2D eigenvalue weighted by molar-refractivity contribution is 5.53. The Hall–Kier alpha value is -1.81. The summed E-state index contributed by atoms with van der Waals surface area (Å²) >= 11 is 0. The van der Waals surface area contributed by atoms with Crippen LogP contribution in [0.5, 0.6) is 0 Å². The van der Waals surface area contributed by atoms with E-state index in [0.29, 0.717) is 12.5 Å². The zero-order valence-electron chi connectivity index (χ0n) is 12.6. The lowest BCUT2D eigenvalue weighted by Gasteiger charge is -2.15. The molecule has 20 heavy (non-hydrogen) atoms. The topological polar surface area (TPSA) is 55.9 Å². The van der Waals surface area contributed by atoms with Gasteiger partial charge in [0.1, 0.15) is 0 Å². The molecule has 0 atom stereocenters. The first-order chi connectivity index (χ1) is 9.65. The lowest BCUT2D eigenvalue weighted by Crippen LogP contribution is -2.11. The van der Waals surface area contributed by atoms with E-state index in [1.165, 1.54) is 11.3 Å². The average Bonchev–Trinajstić information content (AvgIpc) is 2.83. The molecule has 0 saturated heterocycles. The first-order valence-corrected chi connectivity index (χ1v) is 7.23. The van der Waals surface area contributed by atoms with Gasteiger partial charge in [0, 0.05) is 6.54 Å². The third-order valence-electron chi connectivity index (χ3n) is 3.39. The predicted octanol–water partition coefficient (Wildman–Crippen LogP) is 3.06. The second kappa shape index (κ2) is 6.57. The number of rotatable bonds is 6. The summed E-state index contributed by atoms with van der Waals surface area (Å²) in [6.07, 6.45) is 2.88. The maximum atomic E-state index is 5.55. The highest BCUT2D eigenvalue weighted by Gasteiger charge is 2.16. The molecule has 1 heterocycles. The minimum absolute atomic E-state index is 0.400. The smallest absolute Gasteiger partial charge is 0.0766 e. The van der Waals surface area contributed by atoms with Crippen LogP contribution in [0.2, 0.25) is 0 Å². The van der Waals surface area contributed by atoms with E-state index < -0.39 is 0 Å². The van der Waals surface area contributed by atoms with Crippen LogP contribution in [0.1, 0.15) is 37.4 Å². The summed E-state index contributed by atoms with van der Waals surface area (Å²) in [5.74, 6) is 0.400. The normalized spacial score (nSPS) is 11.1. The van der Waals surface area contributed by atoms with E-state index in [4.69, 9.17) is 5.73 Å². The number of benzene rings is 1. The Kier molecular flexibility index (Phi) is 4.79. The fraction of sp³-hybridized carbons (Fsp3) is 0.438. The largest absolute Gasteiger partial charge is 0.382 e. The van der Waals surface area contributed by atoms with Gasteiger partial charge in [0.05, 0.1) is 23.3 Å². The molecule has 0 aliphatic heterocycles. The number of nitrogens with two attached hydrogens (primary N) is 1. The molecule has 0 bridgehead atoms. The molecule has 0 unspecified atom stereocenters. The Morgan fingerprint density at radius 1 is 1.30 bits per heavy atom. The van der Waals surface area contributed by atoms with Crippen molar-refractivity contribution in [1.29, 1.82) is 0 Å². The Morgan fingerprint density at radius 2 is 2.05 bits per heavy atom. The number of para-hydroxylation sites is 1. The van der Waals surface area contributed by atoms with Gasteiger partial charge in [0.15, 0.2) is 0 Å². The van der Waals surface area contributed by atoms with Crippen molar-refractivity contribution in [2.75, 3.05) is 18.4 Å². The van der Waals surface area contributed by atoms with Crippen LogP contribution < -0.4 is 11.1 Å². The second-order valence-electron chi connectivity index (χ2n) is 5.37. The van der Waals surface area contributed by atoms with E-state index in [9.17, 15) is 0 Å². The van der Waals surface area contributed by atoms with Gasteiger partial charge < -0.3 is 11.1 Å². The SMILES string of the molecule is Cc1ccccc1-n1ncc(NCCCN)c1C(C)C. The van der Waals surface area contributed by atoms with Crippen LogP contribution >= 0.6 is 0 Å². The fourth-order valence-electron chi connectivity index (χ4n) is 2.37. The van der Waals surface area contributed by atoms with Crippen molar-refractivity contribution >= 4 is 5.69 Å². The predicted molar refractivity (Wildman–Crippen MR) is 84.6 cm³/mol. The van der Waals surface area contributed by atoms with Crippen molar-refractivity contribution in [2.24, 2.45) is 5.73 Å². The number of nitrogens with zero attached hydrogens (tertiary/aromatic N) is 2. The standard InChI is InChI=1S/C16H24N4/c1-12(2)16-14(18-10-6-9-17)11-19-20(16)15-8-5-4-7-13(15)3/h4-5,7-8,11-12,18H,6,9-10,17H2,1-3H3. The molecule has 4 nitrogen and oxygen atoms in total. The van der Waals surface area contributed by atoms with E-state index >= 15 is 0 Å². The summed E-state index contributed by atoms with van der Waals surface area (Å²) in [4.78, 5) is 0. The Labute approximate surface area is 121 Å². The molecule has 108 valence electrons. The van der Waals surface area contributed by atoms with Gasteiger partial charge >= 0.3 is 0 Å². The molecule has 0 amide bonds. The first-order valence-electron chi connectivity index (χ1n) is 7.23. The van der Waals surface area contributed by atoms with Crippen LogP contribution in [0.15, 0.2) is 30.5 Å². The van der Waals surface area contributed by atoms with Crippen molar-refractivity contribution in [3.63, 3.8) is 0 Å². The number of nitrogens with one attached hydrogen (secondary N) is 1. The van der Waals surface area contributed by atoms with E-state index in [1.54, 1.807) is 0 Å². The molecule has 0 radical (unpaired) electrons. The molecule has 1 aromatic carbocycles. The maximum Gasteiger partial charge on any atom is 0.0766 e. The zero-order chi connectivity index (χ0) is 14.5. The summed E-state index contributed by atoms with van der Waals surface area (Å²) in [6, 6.07) is 8.33. The molecular formula is C16H24N4. The van der Waals surface area contributed by atoms with Crippen molar-refractivity contribution in [3.8, 4) is 5.69 Å². The third-order valence-corrected chi connectivity index (χ3v) is 3.39. The summed E-state index contributed by atoms with van der Waals surface area (Å²) in [5.41, 5.74) is 10.2. The van der Waals surface area contributed by atoms with Crippen molar-refractivity contribution in [1.82, 2.24) is 9.78 Å². The summed E-state index contributed by atoms with van der Waals surface area (Å²) in [7, 11) is 0. The molecule has 2 aromatic rings. The van der Waals surface area contributed by atoms with E-state index in [1.807, 2.05) is 10.9 Å². The molecule has 0 fully saturated rings. The van der Waals surface area contributed by atoms with Gasteiger partial charge in [-0.3, -0.25) is 0 Å². The monoisotopic (exact) mass is 272 g/mol. The van der Waals surface area contributed by atoms with Gasteiger partial charge in [-0.2, -0.15) is 5.10 Å². The van der Waals surface area contributed by atoms with E-state index in [-0.39, 0.29) is 0 Å². The van der Waals surface area contributed by atoms with Crippen LogP contribution in [0.3, 0.4) is 0 Å². The highest BCUT2D eigenvalue weighted by atomic mass is 15.3. The number of aryl methyl sites for hydroxylation is 1. The van der Waals surface area contributed by atoms with Gasteiger partial charge in [0.25, 0.3) is 0 Å². The van der Waals surface area contributed by atoms with Crippen LogP contribution in [-0.4, -0.2) is 22.9 Å². The number of aromatic nitrogens is 2.